The molecule has 1 rings (SSSR count). The minimum atomic E-state index is -1.31. The quantitative estimate of drug-likeness (QED) is 0.392. The van der Waals surface area contributed by atoms with Gasteiger partial charge in [-0.1, -0.05) is 45.2 Å². The summed E-state index contributed by atoms with van der Waals surface area (Å²) in [6.45, 7) is 13.5. The zero-order valence-corrected chi connectivity index (χ0v) is 15.2. The van der Waals surface area contributed by atoms with Gasteiger partial charge in [0.25, 0.3) is 5.69 Å². The second kappa shape index (κ2) is 5.78. The molecule has 1 nitrogen and oxygen atoms in total. The van der Waals surface area contributed by atoms with E-state index in [0.717, 1.165) is 11.3 Å². The van der Waals surface area contributed by atoms with Crippen LogP contribution in [0.4, 0.5) is 0 Å². The fourth-order valence-electron chi connectivity index (χ4n) is 1.32. The molecule has 0 saturated heterocycles. The summed E-state index contributed by atoms with van der Waals surface area (Å²) < 4.78 is 2.07. The van der Waals surface area contributed by atoms with Crippen LogP contribution in [0, 0.1) is 22.9 Å². The Balaban J connectivity index is 3.04. The zero-order valence-electron chi connectivity index (χ0n) is 13.2. The molecule has 0 bridgehead atoms. The first-order valence-corrected chi connectivity index (χ1v) is 13.6. The topological polar surface area (TPSA) is 3.88 Å². The molecule has 1 heterocycles. The van der Waals surface area contributed by atoms with E-state index in [0.29, 0.717) is 0 Å². The van der Waals surface area contributed by atoms with E-state index in [1.54, 1.807) is 0 Å². The molecule has 3 heteroatoms. The van der Waals surface area contributed by atoms with Crippen LogP contribution >= 0.6 is 0 Å². The maximum absolute atomic E-state index is 3.39. The highest BCUT2D eigenvalue weighted by molar-refractivity contribution is 6.84. The van der Waals surface area contributed by atoms with Crippen LogP contribution in [0.5, 0.6) is 0 Å². The minimum Gasteiger partial charge on any atom is -0.193 e. The van der Waals surface area contributed by atoms with Gasteiger partial charge in [-0.15, -0.1) is 11.1 Å². The first-order chi connectivity index (χ1) is 8.57. The lowest BCUT2D eigenvalue weighted by atomic mass is 10.2. The van der Waals surface area contributed by atoms with Crippen LogP contribution in [0.15, 0.2) is 18.3 Å². The fraction of sp³-hybridized carbons (Fsp3) is 0.438. The summed E-state index contributed by atoms with van der Waals surface area (Å²) in [4.78, 5) is 0. The average molecular weight is 287 g/mol. The van der Waals surface area contributed by atoms with Crippen molar-refractivity contribution in [2.45, 2.75) is 39.3 Å². The highest BCUT2D eigenvalue weighted by Crippen LogP contribution is 2.01. The van der Waals surface area contributed by atoms with Crippen molar-refractivity contribution in [3.8, 4) is 22.9 Å². The van der Waals surface area contributed by atoms with Gasteiger partial charge in [0.05, 0.1) is 5.56 Å². The van der Waals surface area contributed by atoms with Gasteiger partial charge in [0.2, 0.25) is 0 Å². The number of nitrogens with zero attached hydrogens (tertiary/aromatic N) is 1. The third-order valence-corrected chi connectivity index (χ3v) is 4.03. The fourth-order valence-corrected chi connectivity index (χ4v) is 2.34. The minimum absolute atomic E-state index is 1.06. The second-order valence-corrected chi connectivity index (χ2v) is 16.4. The van der Waals surface area contributed by atoms with Gasteiger partial charge in [-0.3, -0.25) is 0 Å². The molecule has 0 spiro atoms. The molecule has 19 heavy (non-hydrogen) atoms. The zero-order chi connectivity index (χ0) is 14.7. The van der Waals surface area contributed by atoms with Crippen molar-refractivity contribution in [1.29, 1.82) is 0 Å². The number of aryl methyl sites for hydroxylation is 1. The van der Waals surface area contributed by atoms with Crippen molar-refractivity contribution < 1.29 is 4.57 Å². The second-order valence-electron chi connectivity index (χ2n) is 6.91. The summed E-state index contributed by atoms with van der Waals surface area (Å²) in [7, 11) is -0.582. The highest BCUT2D eigenvalue weighted by Gasteiger charge is 2.10. The molecule has 0 N–H and O–H groups in total. The summed E-state index contributed by atoms with van der Waals surface area (Å²) in [5, 5.41) is 0. The maximum Gasteiger partial charge on any atom is 0.256 e. The summed E-state index contributed by atoms with van der Waals surface area (Å²) in [5.41, 5.74) is 8.91. The van der Waals surface area contributed by atoms with Crippen molar-refractivity contribution in [1.82, 2.24) is 0 Å². The third-order valence-electron chi connectivity index (χ3n) is 2.28. The van der Waals surface area contributed by atoms with Gasteiger partial charge in [0.1, 0.15) is 23.2 Å². The Labute approximate surface area is 120 Å². The SMILES string of the molecule is C[n+]1cc(C#C[Si](C)(C)C)ccc1C#C[Si](C)(C)C. The lowest BCUT2D eigenvalue weighted by molar-refractivity contribution is -0.674. The van der Waals surface area contributed by atoms with E-state index in [1.165, 1.54) is 0 Å². The molecule has 0 fully saturated rings. The largest absolute Gasteiger partial charge is 0.256 e. The third kappa shape index (κ3) is 6.43. The Morgan fingerprint density at radius 1 is 0.842 bits per heavy atom. The first-order valence-electron chi connectivity index (χ1n) is 6.63. The molecule has 0 amide bonds. The van der Waals surface area contributed by atoms with Gasteiger partial charge in [-0.25, -0.2) is 0 Å². The van der Waals surface area contributed by atoms with Crippen molar-refractivity contribution in [2.75, 3.05) is 0 Å². The van der Waals surface area contributed by atoms with Gasteiger partial charge < -0.3 is 0 Å². The summed E-state index contributed by atoms with van der Waals surface area (Å²) in [5.74, 6) is 6.56. The van der Waals surface area contributed by atoms with Crippen molar-refractivity contribution in [3.05, 3.63) is 29.6 Å². The van der Waals surface area contributed by atoms with E-state index < -0.39 is 16.1 Å². The van der Waals surface area contributed by atoms with E-state index >= 15 is 0 Å². The predicted octanol–water partition coefficient (Wildman–Crippen LogP) is 2.97. The monoisotopic (exact) mass is 286 g/mol. The maximum atomic E-state index is 3.39. The molecule has 0 radical (unpaired) electrons. The molecule has 0 aliphatic carbocycles. The normalized spacial score (nSPS) is 11.1. The standard InChI is InChI=1S/C16H24NSi2/c1-17-14-15(10-12-18(2,3)4)8-9-16(17)11-13-19(5,6)7/h8-9,14H,1-7H3/q+1. The number of hydrogen-bond acceptors (Lipinski definition) is 0. The van der Waals surface area contributed by atoms with Gasteiger partial charge >= 0.3 is 0 Å². The van der Waals surface area contributed by atoms with E-state index in [-0.39, 0.29) is 0 Å². The smallest absolute Gasteiger partial charge is 0.193 e. The van der Waals surface area contributed by atoms with Crippen LogP contribution in [-0.4, -0.2) is 16.1 Å². The van der Waals surface area contributed by atoms with E-state index in [9.17, 15) is 0 Å². The van der Waals surface area contributed by atoms with Gasteiger partial charge in [0.15, 0.2) is 6.20 Å². The molecular weight excluding hydrogens is 262 g/mol. The summed E-state index contributed by atoms with van der Waals surface area (Å²) in [6, 6.07) is 4.14. The molecule has 1 aromatic rings. The summed E-state index contributed by atoms with van der Waals surface area (Å²) in [6.07, 6.45) is 2.07. The average Bonchev–Trinajstić information content (AvgIpc) is 2.22. The summed E-state index contributed by atoms with van der Waals surface area (Å²) >= 11 is 0. The molecule has 1 aromatic heterocycles. The Morgan fingerprint density at radius 3 is 1.84 bits per heavy atom. The molecule has 0 aliphatic heterocycles. The predicted molar refractivity (Wildman–Crippen MR) is 88.1 cm³/mol. The number of rotatable bonds is 0. The molecule has 0 aliphatic rings. The van der Waals surface area contributed by atoms with Gasteiger partial charge in [-0.05, 0) is 12.0 Å². The Kier molecular flexibility index (Phi) is 4.79. The van der Waals surface area contributed by atoms with E-state index in [2.05, 4.69) is 85.1 Å². The van der Waals surface area contributed by atoms with Gasteiger partial charge in [0, 0.05) is 6.07 Å². The molecule has 0 unspecified atom stereocenters. The van der Waals surface area contributed by atoms with Crippen LogP contribution in [0.1, 0.15) is 11.3 Å². The molecule has 0 saturated carbocycles. The van der Waals surface area contributed by atoms with E-state index in [1.807, 2.05) is 7.05 Å². The molecular formula is C16H24NSi2+. The Hall–Kier alpha value is -1.30. The van der Waals surface area contributed by atoms with Crippen molar-refractivity contribution in [2.24, 2.45) is 7.05 Å². The number of pyridine rings is 1. The van der Waals surface area contributed by atoms with Gasteiger partial charge in [-0.2, -0.15) is 4.57 Å². The van der Waals surface area contributed by atoms with Crippen LogP contribution in [0.2, 0.25) is 39.3 Å². The Morgan fingerprint density at radius 2 is 1.37 bits per heavy atom. The highest BCUT2D eigenvalue weighted by atomic mass is 28.3. The molecule has 0 atom stereocenters. The lowest BCUT2D eigenvalue weighted by Crippen LogP contribution is -2.32. The number of aromatic nitrogens is 1. The molecule has 0 aromatic carbocycles. The van der Waals surface area contributed by atoms with Crippen LogP contribution < -0.4 is 4.57 Å². The van der Waals surface area contributed by atoms with Crippen LogP contribution in [-0.2, 0) is 7.05 Å². The lowest BCUT2D eigenvalue weighted by Gasteiger charge is -2.03. The van der Waals surface area contributed by atoms with Crippen molar-refractivity contribution >= 4 is 16.1 Å². The van der Waals surface area contributed by atoms with Crippen LogP contribution in [0.3, 0.4) is 0 Å². The number of hydrogen-bond donors (Lipinski definition) is 0. The first kappa shape index (κ1) is 15.8. The molecule has 100 valence electrons. The van der Waals surface area contributed by atoms with E-state index in [4.69, 9.17) is 0 Å². The Bertz CT molecular complexity index is 582. The van der Waals surface area contributed by atoms with Crippen LogP contribution in [0.25, 0.3) is 0 Å². The van der Waals surface area contributed by atoms with Crippen molar-refractivity contribution in [3.63, 3.8) is 0 Å².